The second kappa shape index (κ2) is 8.66. The lowest BCUT2D eigenvalue weighted by molar-refractivity contribution is -0.0498. The van der Waals surface area contributed by atoms with Crippen LogP contribution in [-0.2, 0) is 0 Å². The molecule has 0 aromatic heterocycles. The van der Waals surface area contributed by atoms with Crippen molar-refractivity contribution in [1.82, 2.24) is 10.6 Å². The van der Waals surface area contributed by atoms with Gasteiger partial charge in [0.25, 0.3) is 5.91 Å². The minimum Gasteiger partial charge on any atom is -0.435 e. The number of amides is 1. The minimum atomic E-state index is -2.89. The van der Waals surface area contributed by atoms with Crippen LogP contribution < -0.4 is 15.4 Å². The van der Waals surface area contributed by atoms with Crippen LogP contribution in [0.1, 0.15) is 10.4 Å². The molecular weight excluding hydrogens is 266 g/mol. The van der Waals surface area contributed by atoms with E-state index >= 15 is 0 Å². The van der Waals surface area contributed by atoms with Crippen molar-refractivity contribution in [2.75, 3.05) is 20.1 Å². The third-order valence-electron chi connectivity index (χ3n) is 1.98. The van der Waals surface area contributed by atoms with Crippen LogP contribution in [0.15, 0.2) is 24.3 Å². The van der Waals surface area contributed by atoms with Gasteiger partial charge in [-0.2, -0.15) is 8.78 Å². The standard InChI is InChI=1S/C11H14F2N2O2.ClH/c1-14-5-6-15-10(16)8-3-2-4-9(7-8)17-11(12)13;/h2-4,7,11,14H,5-6H2,1H3,(H,15,16);1H. The Morgan fingerprint density at radius 2 is 2.11 bits per heavy atom. The Labute approximate surface area is 110 Å². The van der Waals surface area contributed by atoms with Crippen LogP contribution in [0.5, 0.6) is 5.75 Å². The van der Waals surface area contributed by atoms with E-state index in [2.05, 4.69) is 15.4 Å². The molecule has 18 heavy (non-hydrogen) atoms. The summed E-state index contributed by atoms with van der Waals surface area (Å²) in [6.45, 7) is -1.79. The Morgan fingerprint density at radius 3 is 2.72 bits per heavy atom. The molecule has 1 rings (SSSR count). The Balaban J connectivity index is 0.00000289. The first-order valence-electron chi connectivity index (χ1n) is 5.11. The molecule has 1 aromatic rings. The maximum atomic E-state index is 12.0. The molecular formula is C11H15ClF2N2O2. The van der Waals surface area contributed by atoms with Crippen molar-refractivity contribution < 1.29 is 18.3 Å². The average molecular weight is 281 g/mol. The van der Waals surface area contributed by atoms with E-state index in [1.165, 1.54) is 24.3 Å². The summed E-state index contributed by atoms with van der Waals surface area (Å²) in [5.41, 5.74) is 0.291. The first-order valence-corrected chi connectivity index (χ1v) is 5.11. The maximum Gasteiger partial charge on any atom is 0.387 e. The van der Waals surface area contributed by atoms with E-state index in [4.69, 9.17) is 0 Å². The Morgan fingerprint density at radius 1 is 1.39 bits per heavy atom. The number of halogens is 3. The number of benzene rings is 1. The molecule has 102 valence electrons. The smallest absolute Gasteiger partial charge is 0.387 e. The molecule has 0 saturated heterocycles. The van der Waals surface area contributed by atoms with Gasteiger partial charge in [0.05, 0.1) is 0 Å². The zero-order valence-corrected chi connectivity index (χ0v) is 10.6. The Hall–Kier alpha value is -1.40. The van der Waals surface area contributed by atoms with Crippen molar-refractivity contribution >= 4 is 18.3 Å². The highest BCUT2D eigenvalue weighted by Crippen LogP contribution is 2.15. The van der Waals surface area contributed by atoms with Gasteiger partial charge in [-0.25, -0.2) is 0 Å². The SMILES string of the molecule is CNCCNC(=O)c1cccc(OC(F)F)c1.Cl. The maximum absolute atomic E-state index is 12.0. The van der Waals surface area contributed by atoms with Gasteiger partial charge in [-0.05, 0) is 25.2 Å². The van der Waals surface area contributed by atoms with Crippen molar-refractivity contribution in [3.63, 3.8) is 0 Å². The molecule has 1 aromatic carbocycles. The molecule has 0 spiro atoms. The van der Waals surface area contributed by atoms with Crippen LogP contribution in [0.2, 0.25) is 0 Å². The van der Waals surface area contributed by atoms with Gasteiger partial charge in [-0.3, -0.25) is 4.79 Å². The van der Waals surface area contributed by atoms with Gasteiger partial charge in [0.2, 0.25) is 0 Å². The summed E-state index contributed by atoms with van der Waals surface area (Å²) >= 11 is 0. The van der Waals surface area contributed by atoms with Crippen LogP contribution in [0.25, 0.3) is 0 Å². The zero-order valence-electron chi connectivity index (χ0n) is 9.78. The van der Waals surface area contributed by atoms with Gasteiger partial charge < -0.3 is 15.4 Å². The fraction of sp³-hybridized carbons (Fsp3) is 0.364. The summed E-state index contributed by atoms with van der Waals surface area (Å²) in [4.78, 5) is 11.6. The summed E-state index contributed by atoms with van der Waals surface area (Å²) in [5, 5.41) is 5.51. The third kappa shape index (κ3) is 5.79. The molecule has 0 aliphatic heterocycles. The normalized spacial score (nSPS) is 9.78. The highest BCUT2D eigenvalue weighted by molar-refractivity contribution is 5.94. The van der Waals surface area contributed by atoms with Crippen molar-refractivity contribution in [1.29, 1.82) is 0 Å². The molecule has 0 bridgehead atoms. The lowest BCUT2D eigenvalue weighted by atomic mass is 10.2. The van der Waals surface area contributed by atoms with Crippen molar-refractivity contribution in [3.05, 3.63) is 29.8 Å². The Bertz CT molecular complexity index is 378. The number of hydrogen-bond donors (Lipinski definition) is 2. The van der Waals surface area contributed by atoms with E-state index in [9.17, 15) is 13.6 Å². The molecule has 2 N–H and O–H groups in total. The summed E-state index contributed by atoms with van der Waals surface area (Å²) in [6, 6.07) is 5.68. The van der Waals surface area contributed by atoms with Crippen LogP contribution in [0.4, 0.5) is 8.78 Å². The van der Waals surface area contributed by atoms with E-state index in [0.29, 0.717) is 18.7 Å². The lowest BCUT2D eigenvalue weighted by Gasteiger charge is -2.07. The summed E-state index contributed by atoms with van der Waals surface area (Å²) < 4.78 is 28.1. The first kappa shape index (κ1) is 16.6. The van der Waals surface area contributed by atoms with Crippen molar-refractivity contribution in [2.24, 2.45) is 0 Å². The van der Waals surface area contributed by atoms with Gasteiger partial charge in [0.1, 0.15) is 5.75 Å². The predicted octanol–water partition coefficient (Wildman–Crippen LogP) is 1.66. The minimum absolute atomic E-state index is 0. The van der Waals surface area contributed by atoms with Gasteiger partial charge in [0, 0.05) is 18.7 Å². The summed E-state index contributed by atoms with van der Waals surface area (Å²) in [5.74, 6) is -0.346. The van der Waals surface area contributed by atoms with Gasteiger partial charge in [-0.15, -0.1) is 12.4 Å². The number of carbonyl (C=O) groups is 1. The van der Waals surface area contributed by atoms with E-state index in [1.807, 2.05) is 0 Å². The second-order valence-electron chi connectivity index (χ2n) is 3.27. The van der Waals surface area contributed by atoms with Gasteiger partial charge in [-0.1, -0.05) is 6.07 Å². The number of likely N-dealkylation sites (N-methyl/N-ethyl adjacent to an activating group) is 1. The number of alkyl halides is 2. The van der Waals surface area contributed by atoms with Crippen molar-refractivity contribution in [2.45, 2.75) is 6.61 Å². The summed E-state index contributed by atoms with van der Waals surface area (Å²) in [7, 11) is 1.77. The van der Waals surface area contributed by atoms with Crippen molar-refractivity contribution in [3.8, 4) is 5.75 Å². The number of nitrogens with one attached hydrogen (secondary N) is 2. The van der Waals surface area contributed by atoms with Crippen LogP contribution >= 0.6 is 12.4 Å². The summed E-state index contributed by atoms with van der Waals surface area (Å²) in [6.07, 6.45) is 0. The third-order valence-corrected chi connectivity index (χ3v) is 1.98. The van der Waals surface area contributed by atoms with E-state index in [0.717, 1.165) is 0 Å². The highest BCUT2D eigenvalue weighted by Gasteiger charge is 2.08. The predicted molar refractivity (Wildman–Crippen MR) is 66.6 cm³/mol. The topological polar surface area (TPSA) is 50.4 Å². The molecule has 7 heteroatoms. The monoisotopic (exact) mass is 280 g/mol. The first-order chi connectivity index (χ1) is 8.13. The fourth-order valence-electron chi connectivity index (χ4n) is 1.22. The zero-order chi connectivity index (χ0) is 12.7. The lowest BCUT2D eigenvalue weighted by Crippen LogP contribution is -2.30. The molecule has 0 unspecified atom stereocenters. The van der Waals surface area contributed by atoms with Gasteiger partial charge in [0.15, 0.2) is 0 Å². The fourth-order valence-corrected chi connectivity index (χ4v) is 1.22. The number of rotatable bonds is 6. The number of ether oxygens (including phenoxy) is 1. The van der Waals surface area contributed by atoms with Crippen LogP contribution in [0.3, 0.4) is 0 Å². The van der Waals surface area contributed by atoms with E-state index < -0.39 is 6.61 Å². The van der Waals surface area contributed by atoms with Gasteiger partial charge >= 0.3 is 6.61 Å². The molecule has 0 heterocycles. The number of carbonyl (C=O) groups excluding carboxylic acids is 1. The highest BCUT2D eigenvalue weighted by atomic mass is 35.5. The second-order valence-corrected chi connectivity index (χ2v) is 3.27. The molecule has 0 fully saturated rings. The number of hydrogen-bond acceptors (Lipinski definition) is 3. The average Bonchev–Trinajstić information content (AvgIpc) is 2.28. The van der Waals surface area contributed by atoms with Crippen LogP contribution in [0, 0.1) is 0 Å². The molecule has 0 radical (unpaired) electrons. The Kier molecular flexibility index (Phi) is 7.98. The van der Waals surface area contributed by atoms with Crippen LogP contribution in [-0.4, -0.2) is 32.7 Å². The van der Waals surface area contributed by atoms with E-state index in [1.54, 1.807) is 7.05 Å². The molecule has 0 aliphatic carbocycles. The molecule has 0 aliphatic rings. The molecule has 0 saturated carbocycles. The molecule has 1 amide bonds. The quantitative estimate of drug-likeness (QED) is 0.779. The molecule has 0 atom stereocenters. The molecule has 4 nitrogen and oxygen atoms in total. The van der Waals surface area contributed by atoms with E-state index in [-0.39, 0.29) is 24.1 Å². The largest absolute Gasteiger partial charge is 0.435 e.